The normalized spacial score (nSPS) is 13.7. The summed E-state index contributed by atoms with van der Waals surface area (Å²) in [5.41, 5.74) is 0.0543. The van der Waals surface area contributed by atoms with Crippen LogP contribution in [-0.4, -0.2) is 50.5 Å². The van der Waals surface area contributed by atoms with Gasteiger partial charge >= 0.3 is 5.97 Å². The van der Waals surface area contributed by atoms with Crippen molar-refractivity contribution >= 4 is 17.8 Å². The number of rotatable bonds is 8. The standard InChI is InChI=1S/C12H17N5O4/c18-10(14-8-3-4-8)2-1-5-13-12(21)9-6-17(16-15-9)7-11(19)20/h6,8H,1-5,7H2,(H,13,21)(H,14,18)(H,19,20). The smallest absolute Gasteiger partial charge is 0.325 e. The quantitative estimate of drug-likeness (QED) is 0.536. The van der Waals surface area contributed by atoms with Crippen LogP contribution in [0.4, 0.5) is 0 Å². The zero-order valence-electron chi connectivity index (χ0n) is 11.4. The lowest BCUT2D eigenvalue weighted by atomic mass is 10.3. The third-order valence-electron chi connectivity index (χ3n) is 2.88. The summed E-state index contributed by atoms with van der Waals surface area (Å²) < 4.78 is 1.07. The van der Waals surface area contributed by atoms with Crippen LogP contribution in [0, 0.1) is 0 Å². The average Bonchev–Trinajstić information content (AvgIpc) is 3.10. The molecule has 1 saturated carbocycles. The zero-order valence-corrected chi connectivity index (χ0v) is 11.4. The summed E-state index contributed by atoms with van der Waals surface area (Å²) in [6.07, 6.45) is 4.27. The van der Waals surface area contributed by atoms with Crippen LogP contribution in [0.2, 0.25) is 0 Å². The largest absolute Gasteiger partial charge is 0.480 e. The van der Waals surface area contributed by atoms with Gasteiger partial charge in [-0.25, -0.2) is 4.68 Å². The summed E-state index contributed by atoms with van der Waals surface area (Å²) in [5, 5.41) is 21.2. The maximum atomic E-state index is 11.7. The number of carbonyl (C=O) groups excluding carboxylic acids is 2. The van der Waals surface area contributed by atoms with Crippen molar-refractivity contribution in [1.82, 2.24) is 25.6 Å². The Balaban J connectivity index is 1.65. The fraction of sp³-hybridized carbons (Fsp3) is 0.583. The Morgan fingerprint density at radius 3 is 2.81 bits per heavy atom. The topological polar surface area (TPSA) is 126 Å². The second-order valence-corrected chi connectivity index (χ2v) is 4.90. The van der Waals surface area contributed by atoms with Gasteiger partial charge in [0.25, 0.3) is 5.91 Å². The van der Waals surface area contributed by atoms with E-state index in [-0.39, 0.29) is 18.1 Å². The lowest BCUT2D eigenvalue weighted by Crippen LogP contribution is -2.28. The lowest BCUT2D eigenvalue weighted by molar-refractivity contribution is -0.138. The molecule has 0 spiro atoms. The van der Waals surface area contributed by atoms with Crippen molar-refractivity contribution in [3.63, 3.8) is 0 Å². The number of carboxylic acids is 1. The SMILES string of the molecule is O=C(O)Cn1cc(C(=O)NCCCC(=O)NC2CC2)nn1. The van der Waals surface area contributed by atoms with Gasteiger partial charge in [-0.05, 0) is 19.3 Å². The van der Waals surface area contributed by atoms with Gasteiger partial charge in [0, 0.05) is 19.0 Å². The molecule has 9 heteroatoms. The number of amides is 2. The first-order chi connectivity index (χ1) is 10.0. The van der Waals surface area contributed by atoms with Crippen LogP contribution in [0.25, 0.3) is 0 Å². The van der Waals surface area contributed by atoms with Crippen molar-refractivity contribution in [3.05, 3.63) is 11.9 Å². The minimum atomic E-state index is -1.06. The first-order valence-corrected chi connectivity index (χ1v) is 6.74. The molecule has 2 rings (SSSR count). The van der Waals surface area contributed by atoms with Crippen LogP contribution >= 0.6 is 0 Å². The molecule has 1 heterocycles. The van der Waals surface area contributed by atoms with E-state index in [9.17, 15) is 14.4 Å². The van der Waals surface area contributed by atoms with E-state index in [1.807, 2.05) is 0 Å². The maximum absolute atomic E-state index is 11.7. The van der Waals surface area contributed by atoms with E-state index in [1.165, 1.54) is 6.20 Å². The zero-order chi connectivity index (χ0) is 15.2. The van der Waals surface area contributed by atoms with Crippen LogP contribution in [0.1, 0.15) is 36.2 Å². The molecule has 0 aromatic carbocycles. The van der Waals surface area contributed by atoms with E-state index in [4.69, 9.17) is 5.11 Å². The predicted molar refractivity (Wildman–Crippen MR) is 70.4 cm³/mol. The van der Waals surface area contributed by atoms with Crippen LogP contribution in [0.15, 0.2) is 6.20 Å². The molecular formula is C12H17N5O4. The molecule has 1 aromatic rings. The molecule has 0 unspecified atom stereocenters. The highest BCUT2D eigenvalue weighted by Gasteiger charge is 2.22. The molecular weight excluding hydrogens is 278 g/mol. The predicted octanol–water partition coefficient (Wildman–Crippen LogP) is -0.849. The Kier molecular flexibility index (Phi) is 4.85. The summed E-state index contributed by atoms with van der Waals surface area (Å²) in [6, 6.07) is 0.344. The summed E-state index contributed by atoms with van der Waals surface area (Å²) >= 11 is 0. The van der Waals surface area contributed by atoms with Gasteiger partial charge in [-0.1, -0.05) is 5.21 Å². The van der Waals surface area contributed by atoms with E-state index >= 15 is 0 Å². The van der Waals surface area contributed by atoms with Crippen molar-refractivity contribution in [1.29, 1.82) is 0 Å². The van der Waals surface area contributed by atoms with Crippen molar-refractivity contribution < 1.29 is 19.5 Å². The third-order valence-corrected chi connectivity index (χ3v) is 2.88. The molecule has 1 aliphatic rings. The number of aliphatic carboxylic acids is 1. The second-order valence-electron chi connectivity index (χ2n) is 4.90. The Hall–Kier alpha value is -2.45. The van der Waals surface area contributed by atoms with Gasteiger partial charge < -0.3 is 15.7 Å². The molecule has 0 saturated heterocycles. The number of nitrogens with zero attached hydrogens (tertiary/aromatic N) is 3. The highest BCUT2D eigenvalue weighted by atomic mass is 16.4. The molecule has 1 aromatic heterocycles. The van der Waals surface area contributed by atoms with E-state index in [0.29, 0.717) is 25.4 Å². The van der Waals surface area contributed by atoms with Gasteiger partial charge in [0.15, 0.2) is 5.69 Å². The number of carboxylic acid groups (broad SMARTS) is 1. The molecule has 9 nitrogen and oxygen atoms in total. The van der Waals surface area contributed by atoms with Gasteiger partial charge in [-0.2, -0.15) is 0 Å². The van der Waals surface area contributed by atoms with Crippen molar-refractivity contribution in [2.45, 2.75) is 38.3 Å². The third kappa shape index (κ3) is 5.21. The van der Waals surface area contributed by atoms with Gasteiger partial charge in [-0.15, -0.1) is 5.10 Å². The summed E-state index contributed by atoms with van der Waals surface area (Å²) in [6.45, 7) is 0.00429. The van der Waals surface area contributed by atoms with Gasteiger partial charge in [0.2, 0.25) is 5.91 Å². The molecule has 2 amide bonds. The van der Waals surface area contributed by atoms with E-state index in [2.05, 4.69) is 20.9 Å². The molecule has 3 N–H and O–H groups in total. The molecule has 1 fully saturated rings. The first kappa shape index (κ1) is 14.9. The van der Waals surface area contributed by atoms with E-state index < -0.39 is 11.9 Å². The Morgan fingerprint density at radius 2 is 2.14 bits per heavy atom. The molecule has 0 atom stereocenters. The minimum Gasteiger partial charge on any atom is -0.480 e. The van der Waals surface area contributed by atoms with E-state index in [1.54, 1.807) is 0 Å². The average molecular weight is 295 g/mol. The fourth-order valence-electron chi connectivity index (χ4n) is 1.69. The minimum absolute atomic E-state index is 0.000785. The van der Waals surface area contributed by atoms with Crippen molar-refractivity contribution in [3.8, 4) is 0 Å². The highest BCUT2D eigenvalue weighted by molar-refractivity contribution is 5.91. The summed E-state index contributed by atoms with van der Waals surface area (Å²) in [7, 11) is 0. The lowest BCUT2D eigenvalue weighted by Gasteiger charge is -2.04. The molecule has 1 aliphatic carbocycles. The van der Waals surface area contributed by atoms with Crippen LogP contribution in [0.5, 0.6) is 0 Å². The van der Waals surface area contributed by atoms with Crippen LogP contribution in [0.3, 0.4) is 0 Å². The van der Waals surface area contributed by atoms with Gasteiger partial charge in [-0.3, -0.25) is 14.4 Å². The molecule has 0 aliphatic heterocycles. The van der Waals surface area contributed by atoms with Crippen LogP contribution < -0.4 is 10.6 Å². The van der Waals surface area contributed by atoms with Gasteiger partial charge in [0.05, 0.1) is 6.20 Å². The molecule has 0 bridgehead atoms. The Labute approximate surface area is 120 Å². The van der Waals surface area contributed by atoms with E-state index in [0.717, 1.165) is 17.5 Å². The number of hydrogen-bond donors (Lipinski definition) is 3. The van der Waals surface area contributed by atoms with Crippen LogP contribution in [-0.2, 0) is 16.1 Å². The number of hydrogen-bond acceptors (Lipinski definition) is 5. The summed E-state index contributed by atoms with van der Waals surface area (Å²) in [5.74, 6) is -1.50. The molecule has 114 valence electrons. The Morgan fingerprint density at radius 1 is 1.38 bits per heavy atom. The maximum Gasteiger partial charge on any atom is 0.325 e. The Bertz CT molecular complexity index is 538. The van der Waals surface area contributed by atoms with Crippen molar-refractivity contribution in [2.75, 3.05) is 6.54 Å². The van der Waals surface area contributed by atoms with Gasteiger partial charge in [0.1, 0.15) is 6.54 Å². The molecule has 0 radical (unpaired) electrons. The van der Waals surface area contributed by atoms with Crippen molar-refractivity contribution in [2.24, 2.45) is 0 Å². The summed E-state index contributed by atoms with van der Waals surface area (Å²) in [4.78, 5) is 33.6. The molecule has 21 heavy (non-hydrogen) atoms. The number of aromatic nitrogens is 3. The highest BCUT2D eigenvalue weighted by Crippen LogP contribution is 2.18. The second kappa shape index (κ2) is 6.82. The number of carbonyl (C=O) groups is 3. The first-order valence-electron chi connectivity index (χ1n) is 6.74. The fourth-order valence-corrected chi connectivity index (χ4v) is 1.69. The monoisotopic (exact) mass is 295 g/mol. The number of nitrogens with one attached hydrogen (secondary N) is 2.